The van der Waals surface area contributed by atoms with Crippen LogP contribution < -0.4 is 16.0 Å². The lowest BCUT2D eigenvalue weighted by atomic mass is 10.0. The monoisotopic (exact) mass is 661 g/mol. The third kappa shape index (κ3) is 10.9. The van der Waals surface area contributed by atoms with Gasteiger partial charge < -0.3 is 31.1 Å². The summed E-state index contributed by atoms with van der Waals surface area (Å²) in [5.41, 5.74) is 0.0532. The number of benzene rings is 1. The number of hydrogen-bond donors (Lipinski definition) is 5. The van der Waals surface area contributed by atoms with Crippen LogP contribution in [-0.4, -0.2) is 97.8 Å². The van der Waals surface area contributed by atoms with Crippen molar-refractivity contribution in [3.63, 3.8) is 0 Å². The van der Waals surface area contributed by atoms with Gasteiger partial charge in [0, 0.05) is 50.7 Å². The average Bonchev–Trinajstić information content (AvgIpc) is 3.30. The second-order valence-corrected chi connectivity index (χ2v) is 14.0. The number of amides is 5. The number of hydrogen-bond acceptors (Lipinski definition) is 8. The van der Waals surface area contributed by atoms with Crippen molar-refractivity contribution in [2.24, 2.45) is 0 Å². The molecule has 0 saturated carbocycles. The van der Waals surface area contributed by atoms with E-state index in [1.807, 2.05) is 12.1 Å². The lowest BCUT2D eigenvalue weighted by molar-refractivity contribution is -0.128. The quantitative estimate of drug-likeness (QED) is 0.149. The molecule has 0 bridgehead atoms. The molecule has 0 aliphatic rings. The molecule has 15 heteroatoms. The van der Waals surface area contributed by atoms with E-state index in [0.717, 1.165) is 26.7 Å². The highest BCUT2D eigenvalue weighted by Gasteiger charge is 2.43. The van der Waals surface area contributed by atoms with Crippen molar-refractivity contribution in [3.05, 3.63) is 40.4 Å². The molecule has 5 N–H and O–H groups in total. The normalized spacial score (nSPS) is 11.5. The molecular weight excluding hydrogens is 614 g/mol. The Labute approximate surface area is 274 Å². The van der Waals surface area contributed by atoms with E-state index in [2.05, 4.69) is 20.9 Å². The van der Waals surface area contributed by atoms with Gasteiger partial charge in [-0.1, -0.05) is 23.5 Å². The molecule has 0 atom stereocenters. The molecule has 1 aromatic carbocycles. The fourth-order valence-electron chi connectivity index (χ4n) is 4.59. The van der Waals surface area contributed by atoms with Crippen molar-refractivity contribution >= 4 is 52.1 Å². The van der Waals surface area contributed by atoms with E-state index in [1.54, 1.807) is 67.8 Å². The van der Waals surface area contributed by atoms with Crippen LogP contribution in [0.1, 0.15) is 82.2 Å². The summed E-state index contributed by atoms with van der Waals surface area (Å²) in [5.74, 6) is -0.674. The largest absolute Gasteiger partial charge is 0.465 e. The van der Waals surface area contributed by atoms with Gasteiger partial charge >= 0.3 is 12.2 Å². The first kappa shape index (κ1) is 37.8. The Bertz CT molecular complexity index is 1360. The lowest BCUT2D eigenvalue weighted by Crippen LogP contribution is -2.66. The molecule has 0 fully saturated rings. The summed E-state index contributed by atoms with van der Waals surface area (Å²) >= 11 is 1.08. The predicted molar refractivity (Wildman–Crippen MR) is 177 cm³/mol. The zero-order valence-corrected chi connectivity index (χ0v) is 28.9. The fraction of sp³-hybridized carbons (Fsp3) is 0.548. The maximum absolute atomic E-state index is 13.0. The Kier molecular flexibility index (Phi) is 12.9. The van der Waals surface area contributed by atoms with Crippen LogP contribution >= 0.6 is 11.3 Å². The topological polar surface area (TPSA) is 185 Å². The summed E-state index contributed by atoms with van der Waals surface area (Å²) in [6, 6.07) is 7.12. The molecule has 2 rings (SSSR count). The molecule has 0 radical (unpaired) electrons. The second kappa shape index (κ2) is 15.7. The van der Waals surface area contributed by atoms with E-state index < -0.39 is 29.6 Å². The maximum atomic E-state index is 13.0. The minimum absolute atomic E-state index is 0.0285. The smallest absolute Gasteiger partial charge is 0.410 e. The molecule has 254 valence electrons. The van der Waals surface area contributed by atoms with E-state index in [4.69, 9.17) is 0 Å². The number of carbonyl (C=O) groups excluding carboxylic acids is 3. The first-order valence-electron chi connectivity index (χ1n) is 14.9. The second-order valence-electron chi connectivity index (χ2n) is 13.0. The van der Waals surface area contributed by atoms with Gasteiger partial charge in [-0.3, -0.25) is 24.2 Å². The molecule has 1 heterocycles. The summed E-state index contributed by atoms with van der Waals surface area (Å²) in [4.78, 5) is 69.6. The number of nitrogens with zero attached hydrogens (tertiary/aromatic N) is 4. The summed E-state index contributed by atoms with van der Waals surface area (Å²) in [6.07, 6.45) is -2.11. The van der Waals surface area contributed by atoms with Crippen LogP contribution in [0.25, 0.3) is 0 Å². The molecule has 0 aliphatic carbocycles. The highest BCUT2D eigenvalue weighted by Crippen LogP contribution is 2.28. The van der Waals surface area contributed by atoms with Crippen molar-refractivity contribution in [3.8, 4) is 0 Å². The van der Waals surface area contributed by atoms with E-state index in [-0.39, 0.29) is 17.7 Å². The number of nitrogens with one attached hydrogen (secondary N) is 3. The molecule has 5 amide bonds. The van der Waals surface area contributed by atoms with Crippen LogP contribution in [-0.2, 0) is 22.4 Å². The van der Waals surface area contributed by atoms with Gasteiger partial charge in [0.2, 0.25) is 11.8 Å². The van der Waals surface area contributed by atoms with Crippen molar-refractivity contribution in [2.75, 3.05) is 31.3 Å². The molecule has 46 heavy (non-hydrogen) atoms. The lowest BCUT2D eigenvalue weighted by Gasteiger charge is -2.48. The maximum Gasteiger partial charge on any atom is 0.410 e. The number of thiazole rings is 1. The van der Waals surface area contributed by atoms with Crippen molar-refractivity contribution < 1.29 is 34.2 Å². The van der Waals surface area contributed by atoms with Gasteiger partial charge in [0.05, 0.1) is 5.69 Å². The summed E-state index contributed by atoms with van der Waals surface area (Å²) in [7, 11) is 3.35. The van der Waals surface area contributed by atoms with Crippen molar-refractivity contribution in [1.82, 2.24) is 25.0 Å². The SMILES string of the molecule is CC(=O)Nc1nc(CCc2ccc(NC(N(C(=O)O)C(C)(C)C)N(C(=O)O)C(C)(C)C)cc2)c(C(=O)NCCCC(=O)N(C)C)s1. The zero-order valence-electron chi connectivity index (χ0n) is 28.1. The zero-order chi connectivity index (χ0) is 35.0. The number of carbonyl (C=O) groups is 5. The van der Waals surface area contributed by atoms with Crippen LogP contribution in [0.2, 0.25) is 0 Å². The molecule has 14 nitrogen and oxygen atoms in total. The van der Waals surface area contributed by atoms with E-state index in [1.165, 1.54) is 11.8 Å². The summed E-state index contributed by atoms with van der Waals surface area (Å²) in [6.45, 7) is 11.8. The van der Waals surface area contributed by atoms with Crippen LogP contribution in [0.4, 0.5) is 20.4 Å². The number of carboxylic acid groups (broad SMARTS) is 2. The van der Waals surface area contributed by atoms with Crippen LogP contribution in [0, 0.1) is 0 Å². The molecule has 2 aromatic rings. The number of aromatic nitrogens is 1. The standard InChI is InChI=1S/C31H47N7O7S/c1-19(39)33-26-35-22(24(46-26)25(41)32-18-10-11-23(40)36(8)9)17-14-20-12-15-21(16-13-20)34-27(37(28(42)43)30(2,3)4)38(29(44)45)31(5,6)7/h12-13,15-16,27,34H,10-11,14,17-18H2,1-9H3,(H,32,41)(H,42,43)(H,44,45)(H,33,35,39). The number of aryl methyl sites for hydroxylation is 2. The van der Waals surface area contributed by atoms with E-state index in [0.29, 0.717) is 53.6 Å². The summed E-state index contributed by atoms with van der Waals surface area (Å²) in [5, 5.41) is 29.0. The van der Waals surface area contributed by atoms with E-state index >= 15 is 0 Å². The Balaban J connectivity index is 2.25. The Morgan fingerprint density at radius 1 is 0.891 bits per heavy atom. The molecule has 0 saturated heterocycles. The summed E-state index contributed by atoms with van der Waals surface area (Å²) < 4.78 is 0. The van der Waals surface area contributed by atoms with Gasteiger partial charge in [0.25, 0.3) is 5.91 Å². The molecular formula is C31H47N7O7S. The van der Waals surface area contributed by atoms with Crippen LogP contribution in [0.15, 0.2) is 24.3 Å². The molecule has 0 unspecified atom stereocenters. The number of rotatable bonds is 13. The van der Waals surface area contributed by atoms with Gasteiger partial charge in [-0.2, -0.15) is 0 Å². The third-order valence-corrected chi connectivity index (χ3v) is 7.80. The highest BCUT2D eigenvalue weighted by molar-refractivity contribution is 7.17. The average molecular weight is 662 g/mol. The van der Waals surface area contributed by atoms with Crippen molar-refractivity contribution in [1.29, 1.82) is 0 Å². The third-order valence-electron chi connectivity index (χ3n) is 6.79. The van der Waals surface area contributed by atoms with Crippen LogP contribution in [0.3, 0.4) is 0 Å². The van der Waals surface area contributed by atoms with Gasteiger partial charge in [-0.15, -0.1) is 0 Å². The minimum atomic E-state index is -1.28. The minimum Gasteiger partial charge on any atom is -0.465 e. The Morgan fingerprint density at radius 3 is 1.89 bits per heavy atom. The van der Waals surface area contributed by atoms with Gasteiger partial charge in [0.15, 0.2) is 11.4 Å². The Hall–Kier alpha value is -4.40. The first-order valence-corrected chi connectivity index (χ1v) is 15.7. The molecule has 0 spiro atoms. The molecule has 1 aromatic heterocycles. The van der Waals surface area contributed by atoms with E-state index in [9.17, 15) is 34.2 Å². The van der Waals surface area contributed by atoms with Crippen molar-refractivity contribution in [2.45, 2.75) is 91.5 Å². The number of anilines is 2. The van der Waals surface area contributed by atoms with Crippen LogP contribution in [0.5, 0.6) is 0 Å². The fourth-order valence-corrected chi connectivity index (χ4v) is 5.56. The van der Waals surface area contributed by atoms with Gasteiger partial charge in [-0.05, 0) is 78.5 Å². The first-order chi connectivity index (χ1) is 21.2. The highest BCUT2D eigenvalue weighted by atomic mass is 32.1. The van der Waals surface area contributed by atoms with Gasteiger partial charge in [-0.25, -0.2) is 14.6 Å². The predicted octanol–water partition coefficient (Wildman–Crippen LogP) is 4.74. The molecule has 0 aliphatic heterocycles. The van der Waals surface area contributed by atoms with Gasteiger partial charge in [0.1, 0.15) is 4.88 Å². The Morgan fingerprint density at radius 2 is 1.43 bits per heavy atom.